The Labute approximate surface area is 105 Å². The fraction of sp³-hybridized carbons (Fsp3) is 0.286. The van der Waals surface area contributed by atoms with Crippen molar-refractivity contribution in [2.24, 2.45) is 7.05 Å². The van der Waals surface area contributed by atoms with Crippen LogP contribution in [0.1, 0.15) is 27.3 Å². The summed E-state index contributed by atoms with van der Waals surface area (Å²) in [5, 5.41) is 4.22. The van der Waals surface area contributed by atoms with Crippen molar-refractivity contribution in [1.29, 1.82) is 0 Å². The normalized spacial score (nSPS) is 10.7. The summed E-state index contributed by atoms with van der Waals surface area (Å²) in [4.78, 5) is 12.2. The maximum absolute atomic E-state index is 12.8. The first-order chi connectivity index (χ1) is 8.49. The average Bonchev–Trinajstić information content (AvgIpc) is 2.56. The SMILES string of the molecule is Cc1nn(C)c(C)c1C(=O)Cc1ccc(F)cc1. The van der Waals surface area contributed by atoms with Gasteiger partial charge in [-0.05, 0) is 31.5 Å². The van der Waals surface area contributed by atoms with Crippen molar-refractivity contribution in [2.45, 2.75) is 20.3 Å². The third-order valence-corrected chi connectivity index (χ3v) is 3.07. The summed E-state index contributed by atoms with van der Waals surface area (Å²) in [7, 11) is 1.82. The Morgan fingerprint density at radius 3 is 2.39 bits per heavy atom. The minimum atomic E-state index is -0.292. The van der Waals surface area contributed by atoms with E-state index in [1.54, 1.807) is 16.8 Å². The fourth-order valence-electron chi connectivity index (χ4n) is 2.05. The van der Waals surface area contributed by atoms with Gasteiger partial charge in [0.2, 0.25) is 0 Å². The van der Waals surface area contributed by atoms with Crippen LogP contribution in [0, 0.1) is 19.7 Å². The predicted octanol–water partition coefficient (Wildman–Crippen LogP) is 2.60. The first-order valence-corrected chi connectivity index (χ1v) is 5.77. The largest absolute Gasteiger partial charge is 0.294 e. The molecule has 0 aliphatic heterocycles. The summed E-state index contributed by atoms with van der Waals surface area (Å²) in [6, 6.07) is 6.00. The Morgan fingerprint density at radius 2 is 1.89 bits per heavy atom. The molecule has 0 amide bonds. The number of carbonyl (C=O) groups is 1. The Kier molecular flexibility index (Phi) is 3.28. The van der Waals surface area contributed by atoms with E-state index in [1.165, 1.54) is 12.1 Å². The van der Waals surface area contributed by atoms with Crippen LogP contribution in [-0.4, -0.2) is 15.6 Å². The van der Waals surface area contributed by atoms with Crippen LogP contribution in [0.25, 0.3) is 0 Å². The number of nitrogens with zero attached hydrogens (tertiary/aromatic N) is 2. The number of aryl methyl sites for hydroxylation is 2. The first kappa shape index (κ1) is 12.5. The second-order valence-corrected chi connectivity index (χ2v) is 4.40. The van der Waals surface area contributed by atoms with Crippen molar-refractivity contribution in [1.82, 2.24) is 9.78 Å². The standard InChI is InChI=1S/C14H15FN2O/c1-9-14(10(2)17(3)16-9)13(18)8-11-4-6-12(15)7-5-11/h4-7H,8H2,1-3H3. The molecule has 0 N–H and O–H groups in total. The molecular formula is C14H15FN2O. The maximum Gasteiger partial charge on any atom is 0.170 e. The monoisotopic (exact) mass is 246 g/mol. The number of hydrogen-bond donors (Lipinski definition) is 0. The Morgan fingerprint density at radius 1 is 1.28 bits per heavy atom. The molecule has 0 atom stereocenters. The first-order valence-electron chi connectivity index (χ1n) is 5.77. The van der Waals surface area contributed by atoms with Crippen LogP contribution in [0.5, 0.6) is 0 Å². The maximum atomic E-state index is 12.8. The number of carbonyl (C=O) groups excluding carboxylic acids is 1. The highest BCUT2D eigenvalue weighted by Crippen LogP contribution is 2.15. The zero-order valence-electron chi connectivity index (χ0n) is 10.7. The van der Waals surface area contributed by atoms with Crippen molar-refractivity contribution in [3.63, 3.8) is 0 Å². The summed E-state index contributed by atoms with van der Waals surface area (Å²) >= 11 is 0. The number of benzene rings is 1. The van der Waals surface area contributed by atoms with E-state index in [0.29, 0.717) is 5.56 Å². The Bertz CT molecular complexity index is 585. The van der Waals surface area contributed by atoms with Gasteiger partial charge in [0.05, 0.1) is 11.3 Å². The molecule has 2 aromatic rings. The summed E-state index contributed by atoms with van der Waals surface area (Å²) in [6.07, 6.45) is 0.271. The molecule has 1 heterocycles. The van der Waals surface area contributed by atoms with Crippen LogP contribution in [0.15, 0.2) is 24.3 Å². The fourth-order valence-corrected chi connectivity index (χ4v) is 2.05. The van der Waals surface area contributed by atoms with Crippen LogP contribution in [0.4, 0.5) is 4.39 Å². The summed E-state index contributed by atoms with van der Waals surface area (Å²) < 4.78 is 14.5. The number of Topliss-reactive ketones (excluding diaryl/α,β-unsaturated/α-hetero) is 1. The lowest BCUT2D eigenvalue weighted by molar-refractivity contribution is 0.0991. The topological polar surface area (TPSA) is 34.9 Å². The van der Waals surface area contributed by atoms with Crippen LogP contribution >= 0.6 is 0 Å². The molecule has 0 aliphatic rings. The van der Waals surface area contributed by atoms with Gasteiger partial charge in [0.1, 0.15) is 5.82 Å². The van der Waals surface area contributed by atoms with Gasteiger partial charge in [0, 0.05) is 19.2 Å². The zero-order chi connectivity index (χ0) is 13.3. The van der Waals surface area contributed by atoms with Crippen LogP contribution < -0.4 is 0 Å². The molecule has 0 saturated carbocycles. The van der Waals surface area contributed by atoms with Crippen molar-refractivity contribution in [2.75, 3.05) is 0 Å². The third-order valence-electron chi connectivity index (χ3n) is 3.07. The van der Waals surface area contributed by atoms with Crippen molar-refractivity contribution < 1.29 is 9.18 Å². The highest BCUT2D eigenvalue weighted by molar-refractivity contribution is 5.99. The van der Waals surface area contributed by atoms with E-state index in [9.17, 15) is 9.18 Å². The van der Waals surface area contributed by atoms with Gasteiger partial charge in [-0.1, -0.05) is 12.1 Å². The lowest BCUT2D eigenvalue weighted by atomic mass is 10.0. The van der Waals surface area contributed by atoms with E-state index in [-0.39, 0.29) is 18.0 Å². The van der Waals surface area contributed by atoms with E-state index >= 15 is 0 Å². The number of ketones is 1. The van der Waals surface area contributed by atoms with Crippen molar-refractivity contribution in [3.8, 4) is 0 Å². The second kappa shape index (κ2) is 4.72. The minimum Gasteiger partial charge on any atom is -0.294 e. The molecule has 94 valence electrons. The molecule has 0 unspecified atom stereocenters. The third kappa shape index (κ3) is 2.32. The molecule has 1 aromatic carbocycles. The van der Waals surface area contributed by atoms with E-state index in [1.807, 2.05) is 20.9 Å². The highest BCUT2D eigenvalue weighted by atomic mass is 19.1. The predicted molar refractivity (Wildman–Crippen MR) is 67.1 cm³/mol. The molecule has 1 aromatic heterocycles. The summed E-state index contributed by atoms with van der Waals surface area (Å²) in [5.74, 6) is -0.273. The zero-order valence-corrected chi connectivity index (χ0v) is 10.7. The second-order valence-electron chi connectivity index (χ2n) is 4.40. The van der Waals surface area contributed by atoms with Gasteiger partial charge in [-0.25, -0.2) is 4.39 Å². The molecule has 0 aliphatic carbocycles. The smallest absolute Gasteiger partial charge is 0.170 e. The number of halogens is 1. The van der Waals surface area contributed by atoms with Crippen molar-refractivity contribution >= 4 is 5.78 Å². The van der Waals surface area contributed by atoms with Crippen LogP contribution in [0.3, 0.4) is 0 Å². The highest BCUT2D eigenvalue weighted by Gasteiger charge is 2.17. The van der Waals surface area contributed by atoms with E-state index in [2.05, 4.69) is 5.10 Å². The average molecular weight is 246 g/mol. The Balaban J connectivity index is 2.24. The molecular weight excluding hydrogens is 231 g/mol. The molecule has 2 rings (SSSR count). The molecule has 0 bridgehead atoms. The van der Waals surface area contributed by atoms with Gasteiger partial charge >= 0.3 is 0 Å². The van der Waals surface area contributed by atoms with Crippen LogP contribution in [0.2, 0.25) is 0 Å². The molecule has 0 saturated heterocycles. The van der Waals surface area contributed by atoms with Crippen molar-refractivity contribution in [3.05, 3.63) is 52.6 Å². The quantitative estimate of drug-likeness (QED) is 0.780. The van der Waals surface area contributed by atoms with Crippen LogP contribution in [-0.2, 0) is 13.5 Å². The van der Waals surface area contributed by atoms with Gasteiger partial charge in [-0.15, -0.1) is 0 Å². The lowest BCUT2D eigenvalue weighted by Gasteiger charge is -2.02. The molecule has 4 heteroatoms. The summed E-state index contributed by atoms with van der Waals surface area (Å²) in [6.45, 7) is 3.70. The number of rotatable bonds is 3. The van der Waals surface area contributed by atoms with E-state index in [4.69, 9.17) is 0 Å². The van der Waals surface area contributed by atoms with Gasteiger partial charge < -0.3 is 0 Å². The molecule has 3 nitrogen and oxygen atoms in total. The van der Waals surface area contributed by atoms with Gasteiger partial charge in [0.15, 0.2) is 5.78 Å². The van der Waals surface area contributed by atoms with E-state index in [0.717, 1.165) is 17.0 Å². The Hall–Kier alpha value is -1.97. The van der Waals surface area contributed by atoms with Gasteiger partial charge in [0.25, 0.3) is 0 Å². The molecule has 0 spiro atoms. The number of aromatic nitrogens is 2. The lowest BCUT2D eigenvalue weighted by Crippen LogP contribution is -2.06. The number of hydrogen-bond acceptors (Lipinski definition) is 2. The van der Waals surface area contributed by atoms with Gasteiger partial charge in [-0.3, -0.25) is 9.48 Å². The summed E-state index contributed by atoms with van der Waals surface area (Å²) in [5.41, 5.74) is 3.08. The molecule has 0 fully saturated rings. The van der Waals surface area contributed by atoms with E-state index < -0.39 is 0 Å². The minimum absolute atomic E-state index is 0.0182. The molecule has 18 heavy (non-hydrogen) atoms. The molecule has 0 radical (unpaired) electrons. The van der Waals surface area contributed by atoms with Gasteiger partial charge in [-0.2, -0.15) is 5.10 Å².